The summed E-state index contributed by atoms with van der Waals surface area (Å²) < 4.78 is 18.2. The van der Waals surface area contributed by atoms with Crippen molar-refractivity contribution >= 4 is 28.9 Å². The molecule has 0 heterocycles. The van der Waals surface area contributed by atoms with Crippen LogP contribution < -0.4 is 10.1 Å². The van der Waals surface area contributed by atoms with Crippen LogP contribution in [0.15, 0.2) is 36.4 Å². The fourth-order valence-electron chi connectivity index (χ4n) is 1.81. The van der Waals surface area contributed by atoms with Gasteiger partial charge in [0.05, 0.1) is 15.6 Å². The lowest BCUT2D eigenvalue weighted by molar-refractivity contribution is -0.385. The maximum absolute atomic E-state index is 13.2. The molecule has 0 aliphatic rings. The van der Waals surface area contributed by atoms with Crippen molar-refractivity contribution in [1.82, 2.24) is 0 Å². The predicted molar refractivity (Wildman–Crippen MR) is 83.4 cm³/mol. The second kappa shape index (κ2) is 7.06. The number of nitrogens with one attached hydrogen (secondary N) is 1. The Bertz CT molecular complexity index is 767. The van der Waals surface area contributed by atoms with Crippen molar-refractivity contribution in [2.75, 3.05) is 11.9 Å². The molecule has 0 radical (unpaired) electrons. The summed E-state index contributed by atoms with van der Waals surface area (Å²) in [5, 5.41) is 13.7. The molecule has 0 bridgehead atoms. The standard InChI is InChI=1S/C15H12ClFN2O4/c1-9-2-4-12(11(16)6-9)18-15(20)8-23-14-7-10(17)3-5-13(14)19(21)22/h2-7H,8H2,1H3,(H,18,20). The molecule has 2 rings (SSSR count). The van der Waals surface area contributed by atoms with E-state index in [0.717, 1.165) is 23.8 Å². The summed E-state index contributed by atoms with van der Waals surface area (Å²) in [7, 11) is 0. The van der Waals surface area contributed by atoms with Gasteiger partial charge in [0.15, 0.2) is 6.61 Å². The van der Waals surface area contributed by atoms with Crippen LogP contribution in [0.25, 0.3) is 0 Å². The Morgan fingerprint density at radius 3 is 2.74 bits per heavy atom. The first kappa shape index (κ1) is 16.7. The van der Waals surface area contributed by atoms with Crippen molar-refractivity contribution in [2.45, 2.75) is 6.92 Å². The van der Waals surface area contributed by atoms with Gasteiger partial charge in [-0.1, -0.05) is 17.7 Å². The van der Waals surface area contributed by atoms with E-state index in [4.69, 9.17) is 16.3 Å². The van der Waals surface area contributed by atoms with Gasteiger partial charge in [-0.3, -0.25) is 14.9 Å². The normalized spacial score (nSPS) is 10.2. The molecule has 8 heteroatoms. The molecule has 1 N–H and O–H groups in total. The zero-order valence-corrected chi connectivity index (χ0v) is 12.8. The van der Waals surface area contributed by atoms with Gasteiger partial charge in [-0.05, 0) is 30.7 Å². The summed E-state index contributed by atoms with van der Waals surface area (Å²) in [5.74, 6) is -1.60. The number of hydrogen-bond donors (Lipinski definition) is 1. The molecule has 0 fully saturated rings. The van der Waals surface area contributed by atoms with Crippen molar-refractivity contribution in [3.8, 4) is 5.75 Å². The number of nitro benzene ring substituents is 1. The molecular formula is C15H12ClFN2O4. The fourth-order valence-corrected chi connectivity index (χ4v) is 2.09. The van der Waals surface area contributed by atoms with Gasteiger partial charge in [0.1, 0.15) is 5.82 Å². The van der Waals surface area contributed by atoms with Crippen LogP contribution in [-0.4, -0.2) is 17.4 Å². The van der Waals surface area contributed by atoms with E-state index in [-0.39, 0.29) is 5.75 Å². The minimum absolute atomic E-state index is 0.319. The minimum Gasteiger partial charge on any atom is -0.477 e. The predicted octanol–water partition coefficient (Wildman–Crippen LogP) is 3.71. The molecule has 0 unspecified atom stereocenters. The van der Waals surface area contributed by atoms with E-state index in [1.54, 1.807) is 18.2 Å². The molecular weight excluding hydrogens is 327 g/mol. The Hall–Kier alpha value is -2.67. The van der Waals surface area contributed by atoms with Gasteiger partial charge in [-0.15, -0.1) is 0 Å². The lowest BCUT2D eigenvalue weighted by Gasteiger charge is -2.09. The molecule has 2 aromatic rings. The van der Waals surface area contributed by atoms with Crippen LogP contribution in [-0.2, 0) is 4.79 Å². The van der Waals surface area contributed by atoms with E-state index in [0.29, 0.717) is 10.7 Å². The Morgan fingerprint density at radius 2 is 2.09 bits per heavy atom. The van der Waals surface area contributed by atoms with Gasteiger partial charge in [0.2, 0.25) is 5.75 Å². The van der Waals surface area contributed by atoms with Crippen LogP contribution in [0.1, 0.15) is 5.56 Å². The molecule has 0 saturated heterocycles. The summed E-state index contributed by atoms with van der Waals surface area (Å²) in [6.45, 7) is 1.33. The first-order chi connectivity index (χ1) is 10.9. The lowest BCUT2D eigenvalue weighted by Crippen LogP contribution is -2.20. The number of carbonyl (C=O) groups excluding carboxylic acids is 1. The highest BCUT2D eigenvalue weighted by atomic mass is 35.5. The molecule has 120 valence electrons. The maximum atomic E-state index is 13.2. The monoisotopic (exact) mass is 338 g/mol. The summed E-state index contributed by atoms with van der Waals surface area (Å²) in [6.07, 6.45) is 0. The van der Waals surface area contributed by atoms with Gasteiger partial charge in [0, 0.05) is 12.1 Å². The number of anilines is 1. The second-order valence-electron chi connectivity index (χ2n) is 4.69. The van der Waals surface area contributed by atoms with Gasteiger partial charge in [-0.25, -0.2) is 4.39 Å². The van der Waals surface area contributed by atoms with E-state index in [9.17, 15) is 19.3 Å². The fraction of sp³-hybridized carbons (Fsp3) is 0.133. The number of benzene rings is 2. The molecule has 0 saturated carbocycles. The van der Waals surface area contributed by atoms with Crippen LogP contribution in [0.3, 0.4) is 0 Å². The molecule has 23 heavy (non-hydrogen) atoms. The second-order valence-corrected chi connectivity index (χ2v) is 5.10. The molecule has 0 aliphatic carbocycles. The van der Waals surface area contributed by atoms with E-state index in [1.165, 1.54) is 0 Å². The Morgan fingerprint density at radius 1 is 1.35 bits per heavy atom. The molecule has 0 atom stereocenters. The number of amides is 1. The van der Waals surface area contributed by atoms with Crippen molar-refractivity contribution in [3.05, 3.63) is 62.9 Å². The van der Waals surface area contributed by atoms with Crippen molar-refractivity contribution in [3.63, 3.8) is 0 Å². The number of nitro groups is 1. The van der Waals surface area contributed by atoms with Crippen molar-refractivity contribution < 1.29 is 18.8 Å². The zero-order valence-electron chi connectivity index (χ0n) is 12.0. The largest absolute Gasteiger partial charge is 0.477 e. The number of halogens is 2. The molecule has 0 spiro atoms. The highest BCUT2D eigenvalue weighted by Gasteiger charge is 2.17. The number of carbonyl (C=O) groups is 1. The van der Waals surface area contributed by atoms with E-state index in [1.807, 2.05) is 6.92 Å². The highest BCUT2D eigenvalue weighted by Crippen LogP contribution is 2.27. The first-order valence-electron chi connectivity index (χ1n) is 6.49. The molecule has 0 aliphatic heterocycles. The van der Waals surface area contributed by atoms with Crippen molar-refractivity contribution in [1.29, 1.82) is 0 Å². The minimum atomic E-state index is -0.719. The third kappa shape index (κ3) is 4.40. The van der Waals surface area contributed by atoms with Crippen LogP contribution in [0.4, 0.5) is 15.8 Å². The Kier molecular flexibility index (Phi) is 5.13. The van der Waals surface area contributed by atoms with E-state index in [2.05, 4.69) is 5.32 Å². The van der Waals surface area contributed by atoms with E-state index >= 15 is 0 Å². The number of hydrogen-bond acceptors (Lipinski definition) is 4. The van der Waals surface area contributed by atoms with Crippen LogP contribution in [0, 0.1) is 22.9 Å². The summed E-state index contributed by atoms with van der Waals surface area (Å²) in [4.78, 5) is 21.9. The van der Waals surface area contributed by atoms with Gasteiger partial charge in [0.25, 0.3) is 5.91 Å². The van der Waals surface area contributed by atoms with Gasteiger partial charge >= 0.3 is 5.69 Å². The average Bonchev–Trinajstić information content (AvgIpc) is 2.48. The number of ether oxygens (including phenoxy) is 1. The Balaban J connectivity index is 2.05. The molecule has 1 amide bonds. The summed E-state index contributed by atoms with van der Waals surface area (Å²) >= 11 is 5.98. The molecule has 2 aromatic carbocycles. The molecule has 0 aromatic heterocycles. The topological polar surface area (TPSA) is 81.5 Å². The summed E-state index contributed by atoms with van der Waals surface area (Å²) in [5.41, 5.74) is 0.895. The quantitative estimate of drug-likeness (QED) is 0.665. The lowest BCUT2D eigenvalue weighted by atomic mass is 10.2. The van der Waals surface area contributed by atoms with Crippen LogP contribution in [0.2, 0.25) is 5.02 Å². The smallest absolute Gasteiger partial charge is 0.311 e. The zero-order chi connectivity index (χ0) is 17.0. The Labute approximate surface area is 136 Å². The summed E-state index contributed by atoms with van der Waals surface area (Å²) in [6, 6.07) is 7.83. The highest BCUT2D eigenvalue weighted by molar-refractivity contribution is 6.33. The van der Waals surface area contributed by atoms with Gasteiger partial charge in [-0.2, -0.15) is 0 Å². The van der Waals surface area contributed by atoms with Crippen LogP contribution >= 0.6 is 11.6 Å². The van der Waals surface area contributed by atoms with Crippen molar-refractivity contribution in [2.24, 2.45) is 0 Å². The number of rotatable bonds is 5. The SMILES string of the molecule is Cc1ccc(NC(=O)COc2cc(F)ccc2[N+](=O)[O-])c(Cl)c1. The number of aryl methyl sites for hydroxylation is 1. The third-order valence-electron chi connectivity index (χ3n) is 2.88. The third-order valence-corrected chi connectivity index (χ3v) is 3.19. The van der Waals surface area contributed by atoms with Gasteiger partial charge < -0.3 is 10.1 Å². The molecule has 6 nitrogen and oxygen atoms in total. The van der Waals surface area contributed by atoms with E-state index < -0.39 is 28.9 Å². The number of nitrogens with zero attached hydrogens (tertiary/aromatic N) is 1. The maximum Gasteiger partial charge on any atom is 0.311 e. The first-order valence-corrected chi connectivity index (χ1v) is 6.87. The average molecular weight is 339 g/mol. The van der Waals surface area contributed by atoms with Crippen LogP contribution in [0.5, 0.6) is 5.75 Å².